The Kier molecular flexibility index (Phi) is 3.75. The molecule has 2 N–H and O–H groups in total. The second kappa shape index (κ2) is 5.68. The molecule has 3 aromatic rings. The number of benzene rings is 1. The van der Waals surface area contributed by atoms with Crippen LogP contribution in [0.1, 0.15) is 23.2 Å². The predicted octanol–water partition coefficient (Wildman–Crippen LogP) is 3.74. The zero-order valence-electron chi connectivity index (χ0n) is 11.0. The molecule has 0 atom stereocenters. The van der Waals surface area contributed by atoms with Crippen LogP contribution in [0.2, 0.25) is 0 Å². The van der Waals surface area contributed by atoms with E-state index in [1.54, 1.807) is 11.3 Å². The Balaban J connectivity index is 1.94. The van der Waals surface area contributed by atoms with E-state index >= 15 is 0 Å². The van der Waals surface area contributed by atoms with E-state index < -0.39 is 0 Å². The summed E-state index contributed by atoms with van der Waals surface area (Å²) in [6, 6.07) is 10.4. The first-order valence-electron chi connectivity index (χ1n) is 6.44. The molecule has 2 aromatic heterocycles. The molecule has 0 unspecified atom stereocenters. The number of H-pyrrole nitrogens is 2. The molecule has 2 heterocycles. The van der Waals surface area contributed by atoms with Crippen molar-refractivity contribution in [3.05, 3.63) is 51.4 Å². The maximum absolute atomic E-state index is 5.01. The highest BCUT2D eigenvalue weighted by Crippen LogP contribution is 2.29. The minimum atomic E-state index is 0.472. The second-order valence-corrected chi connectivity index (χ2v) is 5.89. The number of hydrogen-bond donors (Lipinski definition) is 2. The highest BCUT2D eigenvalue weighted by molar-refractivity contribution is 7.71. The van der Waals surface area contributed by atoms with Gasteiger partial charge >= 0.3 is 0 Å². The first kappa shape index (κ1) is 13.2. The molecule has 0 aliphatic carbocycles. The topological polar surface area (TPSA) is 57.4 Å². The molecule has 0 saturated heterocycles. The Morgan fingerprint density at radius 2 is 1.95 bits per heavy atom. The number of aromatic nitrogens is 4. The fourth-order valence-corrected chi connectivity index (χ4v) is 3.32. The summed E-state index contributed by atoms with van der Waals surface area (Å²) < 4.78 is 0.472. The molecule has 0 saturated carbocycles. The molecule has 0 spiro atoms. The summed E-state index contributed by atoms with van der Waals surface area (Å²) >= 11 is 6.68. The lowest BCUT2D eigenvalue weighted by Crippen LogP contribution is -1.88. The Bertz CT molecular complexity index is 755. The molecule has 0 aliphatic heterocycles. The predicted molar refractivity (Wildman–Crippen MR) is 83.5 cm³/mol. The summed E-state index contributed by atoms with van der Waals surface area (Å²) in [5.74, 6) is 0.781. The molecule has 0 fully saturated rings. The maximum Gasteiger partial charge on any atom is 0.213 e. The van der Waals surface area contributed by atoms with Crippen molar-refractivity contribution in [3.63, 3.8) is 0 Å². The molecule has 3 rings (SSSR count). The van der Waals surface area contributed by atoms with Gasteiger partial charge in [-0.15, -0.1) is 11.3 Å². The van der Waals surface area contributed by atoms with Gasteiger partial charge in [0, 0.05) is 6.42 Å². The van der Waals surface area contributed by atoms with Crippen LogP contribution in [0.3, 0.4) is 0 Å². The van der Waals surface area contributed by atoms with E-state index in [-0.39, 0.29) is 0 Å². The standard InChI is InChI=1S/C14H14N4S2/c1-2-10-12(13-16-14(19)18-17-13)20-11(15-10)8-9-6-4-3-5-7-9/h3-7H,2,8H2,1H3,(H2,16,17,18,19). The van der Waals surface area contributed by atoms with Gasteiger partial charge in [0.05, 0.1) is 15.6 Å². The van der Waals surface area contributed by atoms with E-state index in [9.17, 15) is 0 Å². The lowest BCUT2D eigenvalue weighted by Gasteiger charge is -1.95. The van der Waals surface area contributed by atoms with Crippen molar-refractivity contribution >= 4 is 23.6 Å². The smallest absolute Gasteiger partial charge is 0.213 e. The number of rotatable bonds is 4. The van der Waals surface area contributed by atoms with Crippen LogP contribution < -0.4 is 0 Å². The monoisotopic (exact) mass is 302 g/mol. The quantitative estimate of drug-likeness (QED) is 0.722. The summed E-state index contributed by atoms with van der Waals surface area (Å²) in [5, 5.41) is 6.94. The van der Waals surface area contributed by atoms with Crippen molar-refractivity contribution in [2.75, 3.05) is 0 Å². The molecule has 0 amide bonds. The Hall–Kier alpha value is -1.79. The van der Waals surface area contributed by atoms with Gasteiger partial charge in [0.2, 0.25) is 4.77 Å². The largest absolute Gasteiger partial charge is 0.281 e. The van der Waals surface area contributed by atoms with Gasteiger partial charge in [0.15, 0.2) is 5.82 Å². The fraction of sp³-hybridized carbons (Fsp3) is 0.214. The zero-order chi connectivity index (χ0) is 13.9. The number of nitrogens with zero attached hydrogens (tertiary/aromatic N) is 2. The van der Waals surface area contributed by atoms with Crippen LogP contribution in [-0.2, 0) is 12.8 Å². The average Bonchev–Trinajstić information content (AvgIpc) is 3.06. The maximum atomic E-state index is 5.01. The number of thiazole rings is 1. The highest BCUT2D eigenvalue weighted by Gasteiger charge is 2.14. The van der Waals surface area contributed by atoms with Crippen LogP contribution in [-0.4, -0.2) is 20.2 Å². The third-order valence-corrected chi connectivity index (χ3v) is 4.29. The van der Waals surface area contributed by atoms with Gasteiger partial charge in [-0.1, -0.05) is 37.3 Å². The van der Waals surface area contributed by atoms with Gasteiger partial charge in [-0.25, -0.2) is 4.98 Å². The van der Waals surface area contributed by atoms with E-state index in [1.807, 2.05) is 6.07 Å². The van der Waals surface area contributed by atoms with E-state index in [2.05, 4.69) is 46.4 Å². The molecule has 0 bridgehead atoms. The van der Waals surface area contributed by atoms with Gasteiger partial charge in [-0.3, -0.25) is 10.2 Å². The minimum Gasteiger partial charge on any atom is -0.281 e. The fourth-order valence-electron chi connectivity index (χ4n) is 2.05. The number of nitrogens with one attached hydrogen (secondary N) is 2. The lowest BCUT2D eigenvalue weighted by molar-refractivity contribution is 1.01. The normalized spacial score (nSPS) is 10.8. The number of aryl methyl sites for hydroxylation is 1. The van der Waals surface area contributed by atoms with Gasteiger partial charge in [-0.05, 0) is 24.2 Å². The third-order valence-electron chi connectivity index (χ3n) is 2.99. The zero-order valence-corrected chi connectivity index (χ0v) is 12.6. The van der Waals surface area contributed by atoms with Crippen LogP contribution in [0.4, 0.5) is 0 Å². The van der Waals surface area contributed by atoms with Gasteiger partial charge < -0.3 is 0 Å². The van der Waals surface area contributed by atoms with E-state index in [0.29, 0.717) is 4.77 Å². The molecule has 6 heteroatoms. The van der Waals surface area contributed by atoms with Crippen LogP contribution in [0, 0.1) is 4.77 Å². The van der Waals surface area contributed by atoms with Crippen molar-refractivity contribution in [1.82, 2.24) is 20.2 Å². The lowest BCUT2D eigenvalue weighted by atomic mass is 10.2. The molecular weight excluding hydrogens is 288 g/mol. The molecule has 1 aromatic carbocycles. The van der Waals surface area contributed by atoms with Crippen LogP contribution >= 0.6 is 23.6 Å². The van der Waals surface area contributed by atoms with Crippen LogP contribution in [0.25, 0.3) is 10.7 Å². The van der Waals surface area contributed by atoms with Crippen molar-refractivity contribution in [2.24, 2.45) is 0 Å². The first-order chi connectivity index (χ1) is 9.76. The highest BCUT2D eigenvalue weighted by atomic mass is 32.1. The SMILES string of the molecule is CCc1nc(Cc2ccccc2)sc1-c1nc(=S)[nH][nH]1. The summed E-state index contributed by atoms with van der Waals surface area (Å²) in [4.78, 5) is 10.1. The molecule has 0 radical (unpaired) electrons. The Morgan fingerprint density at radius 1 is 1.15 bits per heavy atom. The number of aromatic amines is 2. The molecule has 0 aliphatic rings. The summed E-state index contributed by atoms with van der Waals surface area (Å²) in [6.45, 7) is 2.10. The van der Waals surface area contributed by atoms with Gasteiger partial charge in [0.1, 0.15) is 0 Å². The van der Waals surface area contributed by atoms with Crippen LogP contribution in [0.5, 0.6) is 0 Å². The summed E-state index contributed by atoms with van der Waals surface area (Å²) in [6.07, 6.45) is 1.73. The first-order valence-corrected chi connectivity index (χ1v) is 7.66. The van der Waals surface area contributed by atoms with Crippen molar-refractivity contribution in [3.8, 4) is 10.7 Å². The molecular formula is C14H14N4S2. The second-order valence-electron chi connectivity index (χ2n) is 4.41. The minimum absolute atomic E-state index is 0.472. The van der Waals surface area contributed by atoms with E-state index in [4.69, 9.17) is 17.2 Å². The molecule has 20 heavy (non-hydrogen) atoms. The van der Waals surface area contributed by atoms with Crippen LogP contribution in [0.15, 0.2) is 30.3 Å². The molecule has 102 valence electrons. The number of hydrogen-bond acceptors (Lipinski definition) is 4. The Labute approximate surface area is 125 Å². The van der Waals surface area contributed by atoms with Gasteiger partial charge in [0.25, 0.3) is 0 Å². The summed E-state index contributed by atoms with van der Waals surface area (Å²) in [5.41, 5.74) is 2.34. The van der Waals surface area contributed by atoms with Crippen molar-refractivity contribution in [1.29, 1.82) is 0 Å². The van der Waals surface area contributed by atoms with Crippen molar-refractivity contribution in [2.45, 2.75) is 19.8 Å². The third kappa shape index (κ3) is 2.71. The molecule has 4 nitrogen and oxygen atoms in total. The van der Waals surface area contributed by atoms with Crippen molar-refractivity contribution < 1.29 is 0 Å². The van der Waals surface area contributed by atoms with E-state index in [0.717, 1.165) is 34.2 Å². The van der Waals surface area contributed by atoms with Gasteiger partial charge in [-0.2, -0.15) is 4.98 Å². The Morgan fingerprint density at radius 3 is 2.60 bits per heavy atom. The summed E-state index contributed by atoms with van der Waals surface area (Å²) in [7, 11) is 0. The van der Waals surface area contributed by atoms with E-state index in [1.165, 1.54) is 5.56 Å². The average molecular weight is 302 g/mol.